The van der Waals surface area contributed by atoms with Gasteiger partial charge in [-0.15, -0.1) is 9.50 Å². The van der Waals surface area contributed by atoms with E-state index in [1.54, 1.807) is 0 Å². The maximum atomic E-state index is 13.7. The van der Waals surface area contributed by atoms with Crippen LogP contribution in [0.25, 0.3) is 28.0 Å². The summed E-state index contributed by atoms with van der Waals surface area (Å²) in [4.78, 5) is 33.1. The molecule has 0 saturated carbocycles. The van der Waals surface area contributed by atoms with Crippen LogP contribution in [-0.4, -0.2) is 23.7 Å². The molecule has 0 atom stereocenters. The third kappa shape index (κ3) is 3.78. The van der Waals surface area contributed by atoms with Gasteiger partial charge in [-0.3, -0.25) is 15.5 Å². The molecule has 176 valence electrons. The lowest BCUT2D eigenvalue weighted by molar-refractivity contribution is -0.351. The summed E-state index contributed by atoms with van der Waals surface area (Å²) in [6, 6.07) is 16.0. The summed E-state index contributed by atoms with van der Waals surface area (Å²) < 4.78 is 17.3. The number of nitrogens with two attached hydrogens (primary N) is 1. The minimum absolute atomic E-state index is 0.0412. The molecule has 0 amide bonds. The number of aryl methyl sites for hydroxylation is 2. The van der Waals surface area contributed by atoms with Gasteiger partial charge in [0.2, 0.25) is 5.65 Å². The Labute approximate surface area is 198 Å². The largest absolute Gasteiger partial charge is 0.411 e. The van der Waals surface area contributed by atoms with Gasteiger partial charge in [0.15, 0.2) is 5.82 Å². The molecule has 5 aromatic rings. The molecule has 0 unspecified atom stereocenters. The van der Waals surface area contributed by atoms with Gasteiger partial charge in [0.05, 0.1) is 12.1 Å². The smallest absolute Gasteiger partial charge is 0.311 e. The third-order valence-electron chi connectivity index (χ3n) is 5.91. The maximum absolute atomic E-state index is 13.7. The van der Waals surface area contributed by atoms with Gasteiger partial charge in [-0.2, -0.15) is 4.68 Å². The predicted molar refractivity (Wildman–Crippen MR) is 129 cm³/mol. The molecule has 0 fully saturated rings. The molecule has 5 rings (SSSR count). The zero-order valence-corrected chi connectivity index (χ0v) is 19.4. The van der Waals surface area contributed by atoms with Crippen LogP contribution in [0.1, 0.15) is 17.1 Å². The van der Waals surface area contributed by atoms with Gasteiger partial charge in [-0.1, -0.05) is 30.3 Å². The van der Waals surface area contributed by atoms with Gasteiger partial charge in [-0.25, -0.2) is 14.2 Å². The van der Waals surface area contributed by atoms with Gasteiger partial charge in [0, 0.05) is 29.7 Å². The fourth-order valence-electron chi connectivity index (χ4n) is 4.28. The Bertz CT molecular complexity index is 1700. The first kappa shape index (κ1) is 22.2. The first-order chi connectivity index (χ1) is 16.7. The van der Waals surface area contributed by atoms with E-state index in [4.69, 9.17) is 5.73 Å². The number of anilines is 1. The number of aromatic nitrogens is 6. The first-order valence-corrected chi connectivity index (χ1v) is 10.9. The molecule has 0 aliphatic rings. The molecule has 3 N–H and O–H groups in total. The highest BCUT2D eigenvalue weighted by Crippen LogP contribution is 2.32. The number of nitrogen functional groups attached to an aromatic ring is 1. The van der Waals surface area contributed by atoms with E-state index in [2.05, 4.69) is 15.1 Å². The van der Waals surface area contributed by atoms with E-state index in [1.807, 2.05) is 56.3 Å². The lowest BCUT2D eigenvalue weighted by Gasteiger charge is -2.10. The van der Waals surface area contributed by atoms with Crippen molar-refractivity contribution >= 4 is 11.6 Å². The molecule has 4 aromatic heterocycles. The van der Waals surface area contributed by atoms with Crippen LogP contribution >= 0.6 is 0 Å². The van der Waals surface area contributed by atoms with E-state index in [1.165, 1.54) is 22.2 Å². The summed E-state index contributed by atoms with van der Waals surface area (Å²) in [7, 11) is 1.45. The minimum atomic E-state index is -0.865. The van der Waals surface area contributed by atoms with E-state index in [0.29, 0.717) is 22.6 Å². The Morgan fingerprint density at radius 1 is 1.00 bits per heavy atom. The van der Waals surface area contributed by atoms with Crippen LogP contribution in [0.5, 0.6) is 0 Å². The topological polar surface area (TPSA) is 114 Å². The molecule has 0 radical (unpaired) electrons. The minimum Gasteiger partial charge on any atom is -0.311 e. The molecule has 0 bridgehead atoms. The van der Waals surface area contributed by atoms with Gasteiger partial charge >= 0.3 is 11.6 Å². The molecule has 1 aromatic carbocycles. The Hall–Kier alpha value is -4.60. The van der Waals surface area contributed by atoms with Gasteiger partial charge < -0.3 is 4.57 Å². The summed E-state index contributed by atoms with van der Waals surface area (Å²) in [6.07, 6.45) is 0. The maximum Gasteiger partial charge on any atom is 0.411 e. The van der Waals surface area contributed by atoms with E-state index < -0.39 is 17.1 Å². The third-order valence-corrected chi connectivity index (χ3v) is 5.91. The molecule has 0 aliphatic heterocycles. The zero-order chi connectivity index (χ0) is 24.9. The second-order valence-corrected chi connectivity index (χ2v) is 8.40. The molecule has 10 heteroatoms. The number of H-pyrrole nitrogens is 1. The van der Waals surface area contributed by atoms with Gasteiger partial charge in [0.1, 0.15) is 5.69 Å². The van der Waals surface area contributed by atoms with Crippen molar-refractivity contribution < 1.29 is 9.37 Å². The van der Waals surface area contributed by atoms with Crippen molar-refractivity contribution in [2.24, 2.45) is 7.05 Å². The van der Waals surface area contributed by atoms with Crippen molar-refractivity contribution in [3.05, 3.63) is 98.3 Å². The molecular weight excluding hydrogens is 449 g/mol. The van der Waals surface area contributed by atoms with Crippen molar-refractivity contribution in [3.8, 4) is 22.4 Å². The van der Waals surface area contributed by atoms with Crippen molar-refractivity contribution in [2.75, 3.05) is 5.73 Å². The van der Waals surface area contributed by atoms with Crippen LogP contribution in [0, 0.1) is 19.7 Å². The van der Waals surface area contributed by atoms with E-state index in [9.17, 15) is 14.0 Å². The average molecular weight is 473 g/mol. The monoisotopic (exact) mass is 472 g/mol. The Balaban J connectivity index is 1.82. The van der Waals surface area contributed by atoms with Crippen molar-refractivity contribution in [1.29, 1.82) is 0 Å². The molecule has 0 saturated heterocycles. The second kappa shape index (κ2) is 8.32. The number of halogens is 1. The normalized spacial score (nSPS) is 11.3. The van der Waals surface area contributed by atoms with Crippen LogP contribution in [0.2, 0.25) is 0 Å². The molecule has 9 nitrogen and oxygen atoms in total. The van der Waals surface area contributed by atoms with Crippen molar-refractivity contribution in [3.63, 3.8) is 0 Å². The second-order valence-electron chi connectivity index (χ2n) is 8.40. The number of nitrogens with zero attached hydrogens (tertiary/aromatic N) is 5. The SMILES string of the molecule is Cc1cc(-c2c(-c3ccccc3)[nH+]c(N)n3c(=O)n(Cc4ccc(F)c(=O)n4C)nc23)cc(C)n1. The summed E-state index contributed by atoms with van der Waals surface area (Å²) in [5.41, 5.74) is 10.5. The number of nitrogens with one attached hydrogen (secondary N) is 1. The zero-order valence-electron chi connectivity index (χ0n) is 19.4. The lowest BCUT2D eigenvalue weighted by atomic mass is 9.99. The molecule has 0 aliphatic carbocycles. The van der Waals surface area contributed by atoms with Gasteiger partial charge in [-0.05, 0) is 43.7 Å². The summed E-state index contributed by atoms with van der Waals surface area (Å²) in [5.74, 6) is -0.759. The molecule has 4 heterocycles. The number of hydrogen-bond donors (Lipinski definition) is 1. The standard InChI is InChI=1S/C25H22FN7O2/c1-14-11-17(12-15(2)28-14)20-21(16-7-5-4-6-8-16)29-24(27)33-22(20)30-32(25(33)35)13-18-9-10-19(26)23(34)31(18)3/h4-12H,13H2,1-3H3,(H2,27,29)/p+1. The van der Waals surface area contributed by atoms with E-state index in [0.717, 1.165) is 33.1 Å². The highest BCUT2D eigenvalue weighted by Gasteiger charge is 2.26. The van der Waals surface area contributed by atoms with Crippen LogP contribution < -0.4 is 22.0 Å². The number of hydrogen-bond acceptors (Lipinski definition) is 5. The Morgan fingerprint density at radius 2 is 1.69 bits per heavy atom. The summed E-state index contributed by atoms with van der Waals surface area (Å²) in [6.45, 7) is 3.76. The number of fused-ring (bicyclic) bond motifs is 1. The highest BCUT2D eigenvalue weighted by molar-refractivity contribution is 5.88. The van der Waals surface area contributed by atoms with Crippen LogP contribution in [0.4, 0.5) is 10.3 Å². The fourth-order valence-corrected chi connectivity index (χ4v) is 4.28. The van der Waals surface area contributed by atoms with Gasteiger partial charge in [0.25, 0.3) is 5.56 Å². The average Bonchev–Trinajstić information content (AvgIpc) is 3.15. The number of benzene rings is 1. The van der Waals surface area contributed by atoms with E-state index in [-0.39, 0.29) is 12.5 Å². The summed E-state index contributed by atoms with van der Waals surface area (Å²) in [5, 5.41) is 4.62. The molecule has 35 heavy (non-hydrogen) atoms. The lowest BCUT2D eigenvalue weighted by Crippen LogP contribution is -2.30. The van der Waals surface area contributed by atoms with Crippen LogP contribution in [0.15, 0.2) is 64.2 Å². The Kier molecular flexibility index (Phi) is 5.28. The van der Waals surface area contributed by atoms with Crippen LogP contribution in [-0.2, 0) is 13.6 Å². The first-order valence-electron chi connectivity index (χ1n) is 10.9. The molecular formula is C25H23FN7O2+. The molecule has 0 spiro atoms. The van der Waals surface area contributed by atoms with Crippen molar-refractivity contribution in [2.45, 2.75) is 20.4 Å². The number of rotatable bonds is 4. The number of pyridine rings is 2. The van der Waals surface area contributed by atoms with Crippen molar-refractivity contribution in [1.82, 2.24) is 23.7 Å². The quantitative estimate of drug-likeness (QED) is 0.430. The van der Waals surface area contributed by atoms with Crippen LogP contribution in [0.3, 0.4) is 0 Å². The fraction of sp³-hybridized carbons (Fsp3) is 0.160. The van der Waals surface area contributed by atoms with E-state index >= 15 is 0 Å². The predicted octanol–water partition coefficient (Wildman–Crippen LogP) is 2.12. The highest BCUT2D eigenvalue weighted by atomic mass is 19.1. The summed E-state index contributed by atoms with van der Waals surface area (Å²) >= 11 is 0. The Morgan fingerprint density at radius 3 is 2.37 bits per heavy atom. The number of aromatic amines is 1.